The fourth-order valence-electron chi connectivity index (χ4n) is 4.72. The Bertz CT molecular complexity index is 607. The molecule has 0 aliphatic carbocycles. The maximum absolute atomic E-state index is 13.2. The van der Waals surface area contributed by atoms with Crippen LogP contribution >= 0.6 is 0 Å². The number of aliphatic imine (C=N–C) groups is 1. The molecule has 0 saturated carbocycles. The molecule has 2 amide bonds. The van der Waals surface area contributed by atoms with Crippen LogP contribution in [0.1, 0.15) is 66.2 Å². The monoisotopic (exact) mass is 376 g/mol. The first-order valence-corrected chi connectivity index (χ1v) is 10.7. The highest BCUT2D eigenvalue weighted by Gasteiger charge is 2.48. The van der Waals surface area contributed by atoms with Crippen LogP contribution in [-0.4, -0.2) is 65.7 Å². The summed E-state index contributed by atoms with van der Waals surface area (Å²) in [6, 6.07) is 0. The second-order valence-corrected chi connectivity index (χ2v) is 9.30. The van der Waals surface area contributed by atoms with E-state index in [2.05, 4.69) is 37.9 Å². The Kier molecular flexibility index (Phi) is 5.94. The van der Waals surface area contributed by atoms with Crippen LogP contribution in [0.25, 0.3) is 0 Å². The Morgan fingerprint density at radius 3 is 2.56 bits per heavy atom. The molecule has 0 aromatic carbocycles. The molecule has 0 bridgehead atoms. The Balaban J connectivity index is 1.61. The zero-order valence-corrected chi connectivity index (χ0v) is 17.5. The van der Waals surface area contributed by atoms with Crippen molar-refractivity contribution >= 4 is 17.6 Å². The summed E-state index contributed by atoms with van der Waals surface area (Å²) >= 11 is 0. The number of carbonyl (C=O) groups is 2. The third-order valence-electron chi connectivity index (χ3n) is 6.60. The number of nitrogens with one attached hydrogen (secondary N) is 1. The van der Waals surface area contributed by atoms with Crippen molar-refractivity contribution in [2.24, 2.45) is 16.3 Å². The summed E-state index contributed by atoms with van der Waals surface area (Å²) in [4.78, 5) is 35.0. The van der Waals surface area contributed by atoms with E-state index >= 15 is 0 Å². The molecule has 27 heavy (non-hydrogen) atoms. The first-order valence-electron chi connectivity index (χ1n) is 10.7. The zero-order valence-electron chi connectivity index (χ0n) is 17.5. The summed E-state index contributed by atoms with van der Waals surface area (Å²) < 4.78 is 0. The molecule has 6 heteroatoms. The summed E-state index contributed by atoms with van der Waals surface area (Å²) in [5.41, 5.74) is -0.922. The van der Waals surface area contributed by atoms with Gasteiger partial charge in [-0.1, -0.05) is 20.8 Å². The van der Waals surface area contributed by atoms with Crippen LogP contribution in [0.2, 0.25) is 0 Å². The third kappa shape index (κ3) is 4.20. The fourth-order valence-corrected chi connectivity index (χ4v) is 4.72. The van der Waals surface area contributed by atoms with Crippen LogP contribution in [0, 0.1) is 11.3 Å². The van der Waals surface area contributed by atoms with Crippen LogP contribution in [0.3, 0.4) is 0 Å². The molecule has 1 N–H and O–H groups in total. The summed E-state index contributed by atoms with van der Waals surface area (Å²) in [5, 5.41) is 3.00. The molecule has 6 nitrogen and oxygen atoms in total. The predicted octanol–water partition coefficient (Wildman–Crippen LogP) is 2.43. The van der Waals surface area contributed by atoms with Gasteiger partial charge in [-0.15, -0.1) is 0 Å². The van der Waals surface area contributed by atoms with Crippen LogP contribution in [-0.2, 0) is 9.59 Å². The van der Waals surface area contributed by atoms with Crippen LogP contribution in [0.4, 0.5) is 0 Å². The number of amides is 2. The number of hydrogen-bond acceptors (Lipinski definition) is 4. The van der Waals surface area contributed by atoms with Crippen LogP contribution in [0.5, 0.6) is 0 Å². The topological polar surface area (TPSA) is 65.0 Å². The van der Waals surface area contributed by atoms with Crippen molar-refractivity contribution in [1.82, 2.24) is 15.1 Å². The molecule has 2 fully saturated rings. The molecule has 2 saturated heterocycles. The average Bonchev–Trinajstić information content (AvgIpc) is 2.95. The van der Waals surface area contributed by atoms with Gasteiger partial charge in [0, 0.05) is 26.1 Å². The van der Waals surface area contributed by atoms with Gasteiger partial charge in [0.15, 0.2) is 0 Å². The quantitative estimate of drug-likeness (QED) is 0.801. The molecule has 3 aliphatic heterocycles. The standard InChI is InChI=1S/C21H36N4O2/c1-5-24-12-6-9-20(4,15-24)19(27)25-13-10-21(11-14-25)18(26)22-17(23-21)8-7-16(2)3/h16H,5-15H2,1-4H3,(H,22,23,26). The van der Waals surface area contributed by atoms with Crippen molar-refractivity contribution in [3.8, 4) is 0 Å². The Morgan fingerprint density at radius 2 is 1.93 bits per heavy atom. The Hall–Kier alpha value is -1.43. The summed E-state index contributed by atoms with van der Waals surface area (Å²) in [5.74, 6) is 1.73. The van der Waals surface area contributed by atoms with Crippen molar-refractivity contribution in [1.29, 1.82) is 0 Å². The van der Waals surface area contributed by atoms with Crippen molar-refractivity contribution in [2.45, 2.75) is 71.8 Å². The van der Waals surface area contributed by atoms with Gasteiger partial charge in [-0.2, -0.15) is 0 Å². The van der Waals surface area contributed by atoms with E-state index in [1.165, 1.54) is 0 Å². The maximum atomic E-state index is 13.2. The number of rotatable bonds is 5. The smallest absolute Gasteiger partial charge is 0.253 e. The van der Waals surface area contributed by atoms with Crippen LogP contribution < -0.4 is 5.32 Å². The first kappa shape index (κ1) is 20.3. The molecule has 1 spiro atoms. The van der Waals surface area contributed by atoms with Crippen LogP contribution in [0.15, 0.2) is 4.99 Å². The van der Waals surface area contributed by atoms with Crippen molar-refractivity contribution in [2.75, 3.05) is 32.7 Å². The van der Waals surface area contributed by atoms with Crippen molar-refractivity contribution < 1.29 is 9.59 Å². The second-order valence-electron chi connectivity index (χ2n) is 9.30. The van der Waals surface area contributed by atoms with Gasteiger partial charge in [-0.05, 0) is 58.0 Å². The molecule has 3 rings (SSSR count). The number of hydrogen-bond donors (Lipinski definition) is 1. The average molecular weight is 377 g/mol. The van der Waals surface area contributed by atoms with Gasteiger partial charge in [0.05, 0.1) is 5.41 Å². The molecule has 3 heterocycles. The largest absolute Gasteiger partial charge is 0.342 e. The maximum Gasteiger partial charge on any atom is 0.253 e. The molecule has 1 unspecified atom stereocenters. The lowest BCUT2D eigenvalue weighted by molar-refractivity contribution is -0.147. The van der Waals surface area contributed by atoms with E-state index in [1.54, 1.807) is 0 Å². The molecule has 152 valence electrons. The number of piperidine rings is 2. The molecular formula is C21H36N4O2. The van der Waals surface area contributed by atoms with Gasteiger partial charge in [0.2, 0.25) is 5.91 Å². The summed E-state index contributed by atoms with van der Waals surface area (Å²) in [6.45, 7) is 12.9. The van der Waals surface area contributed by atoms with Crippen molar-refractivity contribution in [3.63, 3.8) is 0 Å². The first-order chi connectivity index (χ1) is 12.8. The second kappa shape index (κ2) is 7.90. The summed E-state index contributed by atoms with van der Waals surface area (Å²) in [7, 11) is 0. The molecule has 0 aromatic heterocycles. The lowest BCUT2D eigenvalue weighted by Gasteiger charge is -2.44. The Labute approximate surface area is 163 Å². The van der Waals surface area contributed by atoms with Crippen molar-refractivity contribution in [3.05, 3.63) is 0 Å². The van der Waals surface area contributed by atoms with E-state index < -0.39 is 5.54 Å². The molecular weight excluding hydrogens is 340 g/mol. The van der Waals surface area contributed by atoms with E-state index in [-0.39, 0.29) is 17.2 Å². The highest BCUT2D eigenvalue weighted by Crippen LogP contribution is 2.36. The fraction of sp³-hybridized carbons (Fsp3) is 0.857. The van der Waals surface area contributed by atoms with Gasteiger partial charge in [0.25, 0.3) is 5.91 Å². The summed E-state index contributed by atoms with van der Waals surface area (Å²) in [6.07, 6.45) is 5.19. The minimum Gasteiger partial charge on any atom is -0.342 e. The number of carbonyl (C=O) groups excluding carboxylic acids is 2. The lowest BCUT2D eigenvalue weighted by atomic mass is 9.79. The minimum atomic E-state index is -0.633. The van der Waals surface area contributed by atoms with E-state index in [4.69, 9.17) is 4.99 Å². The van der Waals surface area contributed by atoms with E-state index in [1.807, 2.05) is 4.90 Å². The minimum absolute atomic E-state index is 0.0365. The SMILES string of the molecule is CCN1CCCC(C)(C(=O)N2CCC3(CC2)N=C(CCC(C)C)NC3=O)C1. The predicted molar refractivity (Wildman–Crippen MR) is 108 cm³/mol. The zero-order chi connectivity index (χ0) is 19.7. The number of nitrogens with zero attached hydrogens (tertiary/aromatic N) is 3. The highest BCUT2D eigenvalue weighted by molar-refractivity contribution is 6.08. The van der Waals surface area contributed by atoms with Gasteiger partial charge < -0.3 is 15.1 Å². The highest BCUT2D eigenvalue weighted by atomic mass is 16.2. The molecule has 3 aliphatic rings. The van der Waals surface area contributed by atoms with E-state index in [0.29, 0.717) is 31.8 Å². The number of amidine groups is 1. The molecule has 0 radical (unpaired) electrons. The molecule has 0 aromatic rings. The van der Waals surface area contributed by atoms with Gasteiger partial charge >= 0.3 is 0 Å². The van der Waals surface area contributed by atoms with E-state index in [9.17, 15) is 9.59 Å². The van der Waals surface area contributed by atoms with E-state index in [0.717, 1.165) is 51.2 Å². The third-order valence-corrected chi connectivity index (χ3v) is 6.60. The van der Waals surface area contributed by atoms with Gasteiger partial charge in [-0.25, -0.2) is 0 Å². The lowest BCUT2D eigenvalue weighted by Crippen LogP contribution is -2.56. The normalized spacial score (nSPS) is 28.6. The van der Waals surface area contributed by atoms with Gasteiger partial charge in [0.1, 0.15) is 11.4 Å². The Morgan fingerprint density at radius 1 is 1.22 bits per heavy atom. The van der Waals surface area contributed by atoms with Gasteiger partial charge in [-0.3, -0.25) is 14.6 Å². The molecule has 1 atom stereocenters. The number of likely N-dealkylation sites (tertiary alicyclic amines) is 2.